The molecule has 0 aliphatic carbocycles. The molecule has 4 rings (SSSR count). The molecule has 0 bridgehead atoms. The maximum Gasteiger partial charge on any atom is 0.286 e. The quantitative estimate of drug-likeness (QED) is 0.424. The number of benzene rings is 2. The first-order valence-electron chi connectivity index (χ1n) is 8.87. The minimum Gasteiger partial charge on any atom is -0.237 e. The van der Waals surface area contributed by atoms with Gasteiger partial charge in [-0.2, -0.15) is 4.57 Å². The van der Waals surface area contributed by atoms with Gasteiger partial charge >= 0.3 is 0 Å². The molecule has 4 aromatic rings. The minimum atomic E-state index is 0.122. The fourth-order valence-electron chi connectivity index (χ4n) is 3.67. The topological polar surface area (TPSA) is 8.81 Å². The second-order valence-corrected chi connectivity index (χ2v) is 7.96. The molecule has 0 aliphatic heterocycles. The Morgan fingerprint density at radius 3 is 2.36 bits per heavy atom. The van der Waals surface area contributed by atoms with E-state index in [1.165, 1.54) is 38.8 Å². The summed E-state index contributed by atoms with van der Waals surface area (Å²) in [5.41, 5.74) is 5.32. The van der Waals surface area contributed by atoms with Crippen molar-refractivity contribution in [2.75, 3.05) is 0 Å². The number of fused-ring (bicyclic) bond motifs is 3. The number of aryl methyl sites for hydroxylation is 2. The second kappa shape index (κ2) is 5.45. The lowest BCUT2D eigenvalue weighted by molar-refractivity contribution is -0.665. The van der Waals surface area contributed by atoms with Gasteiger partial charge in [-0.05, 0) is 47.7 Å². The first-order valence-corrected chi connectivity index (χ1v) is 8.87. The monoisotopic (exact) mass is 329 g/mol. The summed E-state index contributed by atoms with van der Waals surface area (Å²) < 4.78 is 4.63. The van der Waals surface area contributed by atoms with Crippen LogP contribution in [-0.2, 0) is 12.5 Å². The molecule has 0 unspecified atom stereocenters. The molecule has 0 N–H and O–H groups in total. The molecule has 2 heterocycles. The van der Waals surface area contributed by atoms with Crippen LogP contribution in [-0.4, -0.2) is 4.57 Å². The van der Waals surface area contributed by atoms with E-state index in [-0.39, 0.29) is 5.41 Å². The smallest absolute Gasteiger partial charge is 0.237 e. The molecule has 126 valence electrons. The van der Waals surface area contributed by atoms with Crippen molar-refractivity contribution in [1.82, 2.24) is 4.57 Å². The molecule has 0 radical (unpaired) electrons. The van der Waals surface area contributed by atoms with Crippen LogP contribution in [0, 0.1) is 6.92 Å². The normalized spacial score (nSPS) is 12.2. The average Bonchev–Trinajstić information content (AvgIpc) is 2.90. The van der Waals surface area contributed by atoms with E-state index in [1.807, 2.05) is 0 Å². The molecule has 0 saturated carbocycles. The van der Waals surface area contributed by atoms with Crippen LogP contribution in [0.4, 0.5) is 0 Å². The van der Waals surface area contributed by atoms with Crippen LogP contribution >= 0.6 is 0 Å². The predicted molar refractivity (Wildman–Crippen MR) is 105 cm³/mol. The van der Waals surface area contributed by atoms with Gasteiger partial charge in [-0.3, -0.25) is 0 Å². The Kier molecular flexibility index (Phi) is 3.47. The van der Waals surface area contributed by atoms with Crippen molar-refractivity contribution < 1.29 is 4.57 Å². The third-order valence-electron chi connectivity index (χ3n) is 5.12. The van der Waals surface area contributed by atoms with Crippen molar-refractivity contribution in [3.8, 4) is 5.82 Å². The van der Waals surface area contributed by atoms with E-state index in [0.717, 1.165) is 0 Å². The Morgan fingerprint density at radius 2 is 1.60 bits per heavy atom. The Hall–Kier alpha value is -2.61. The Morgan fingerprint density at radius 1 is 0.880 bits per heavy atom. The van der Waals surface area contributed by atoms with Crippen LogP contribution < -0.4 is 4.57 Å². The third-order valence-corrected chi connectivity index (χ3v) is 5.12. The molecule has 0 saturated heterocycles. The van der Waals surface area contributed by atoms with E-state index >= 15 is 0 Å². The van der Waals surface area contributed by atoms with E-state index in [1.54, 1.807) is 0 Å². The summed E-state index contributed by atoms with van der Waals surface area (Å²) in [5, 5.41) is 2.62. The Labute approximate surface area is 149 Å². The molecule has 2 nitrogen and oxygen atoms in total. The zero-order valence-corrected chi connectivity index (χ0v) is 15.7. The summed E-state index contributed by atoms with van der Waals surface area (Å²) >= 11 is 0. The maximum atomic E-state index is 2.41. The average molecular weight is 329 g/mol. The maximum absolute atomic E-state index is 2.41. The third kappa shape index (κ3) is 2.44. The molecule has 0 fully saturated rings. The van der Waals surface area contributed by atoms with E-state index in [0.29, 0.717) is 0 Å². The SMILES string of the molecule is Cc1cccc2c3ccccc3n(-c3cc(C(C)(C)C)cc[n+]3C)c12. The van der Waals surface area contributed by atoms with Crippen molar-refractivity contribution in [3.63, 3.8) is 0 Å². The highest BCUT2D eigenvalue weighted by Crippen LogP contribution is 2.33. The first-order chi connectivity index (χ1) is 11.9. The summed E-state index contributed by atoms with van der Waals surface area (Å²) in [4.78, 5) is 0. The number of pyridine rings is 1. The lowest BCUT2D eigenvalue weighted by Crippen LogP contribution is -2.34. The Balaban J connectivity index is 2.17. The molecule has 0 aliphatic rings. The van der Waals surface area contributed by atoms with Crippen LogP contribution in [0.25, 0.3) is 27.6 Å². The highest BCUT2D eigenvalue weighted by Gasteiger charge is 2.24. The largest absolute Gasteiger partial charge is 0.286 e. The van der Waals surface area contributed by atoms with Gasteiger partial charge in [0, 0.05) is 16.8 Å². The molecule has 2 aromatic heterocycles. The van der Waals surface area contributed by atoms with Crippen molar-refractivity contribution in [2.24, 2.45) is 7.05 Å². The number of hydrogen-bond donors (Lipinski definition) is 0. The number of aromatic nitrogens is 2. The second-order valence-electron chi connectivity index (χ2n) is 7.96. The fourth-order valence-corrected chi connectivity index (χ4v) is 3.67. The van der Waals surface area contributed by atoms with Gasteiger partial charge in [0.2, 0.25) is 0 Å². The first kappa shape index (κ1) is 15.9. The molecular weight excluding hydrogens is 304 g/mol. The van der Waals surface area contributed by atoms with Crippen LogP contribution in [0.5, 0.6) is 0 Å². The Bertz CT molecular complexity index is 1090. The zero-order valence-electron chi connectivity index (χ0n) is 15.7. The van der Waals surface area contributed by atoms with Crippen molar-refractivity contribution in [2.45, 2.75) is 33.1 Å². The highest BCUT2D eigenvalue weighted by molar-refractivity contribution is 6.09. The number of hydrogen-bond acceptors (Lipinski definition) is 0. The zero-order chi connectivity index (χ0) is 17.8. The predicted octanol–water partition coefficient (Wildman–Crippen LogP) is 5.21. The minimum absolute atomic E-state index is 0.122. The van der Waals surface area contributed by atoms with Crippen molar-refractivity contribution in [3.05, 3.63) is 71.9 Å². The summed E-state index contributed by atoms with van der Waals surface area (Å²) in [7, 11) is 2.13. The van der Waals surface area contributed by atoms with Gasteiger partial charge in [-0.25, -0.2) is 4.57 Å². The number of nitrogens with zero attached hydrogens (tertiary/aromatic N) is 2. The van der Waals surface area contributed by atoms with E-state index in [2.05, 4.69) is 105 Å². The van der Waals surface area contributed by atoms with Crippen LogP contribution in [0.1, 0.15) is 31.9 Å². The van der Waals surface area contributed by atoms with Gasteiger partial charge in [-0.15, -0.1) is 0 Å². The van der Waals surface area contributed by atoms with Gasteiger partial charge in [0.15, 0.2) is 0 Å². The van der Waals surface area contributed by atoms with Gasteiger partial charge in [-0.1, -0.05) is 45.0 Å². The van der Waals surface area contributed by atoms with Crippen molar-refractivity contribution in [1.29, 1.82) is 0 Å². The highest BCUT2D eigenvalue weighted by atomic mass is 15.1. The van der Waals surface area contributed by atoms with Crippen LogP contribution in [0.3, 0.4) is 0 Å². The number of para-hydroxylation sites is 2. The molecule has 2 aromatic carbocycles. The van der Waals surface area contributed by atoms with E-state index in [4.69, 9.17) is 0 Å². The molecular formula is C23H25N2+. The van der Waals surface area contributed by atoms with Gasteiger partial charge < -0.3 is 0 Å². The fraction of sp³-hybridized carbons (Fsp3) is 0.261. The molecule has 0 atom stereocenters. The molecule has 2 heteroatoms. The lowest BCUT2D eigenvalue weighted by Gasteiger charge is -2.19. The van der Waals surface area contributed by atoms with Gasteiger partial charge in [0.05, 0.1) is 13.2 Å². The summed E-state index contributed by atoms with van der Waals surface area (Å²) in [6.45, 7) is 9.00. The summed E-state index contributed by atoms with van der Waals surface area (Å²) in [5.74, 6) is 1.20. The van der Waals surface area contributed by atoms with Gasteiger partial charge in [0.1, 0.15) is 11.0 Å². The van der Waals surface area contributed by atoms with Crippen molar-refractivity contribution >= 4 is 21.8 Å². The van der Waals surface area contributed by atoms with Gasteiger partial charge in [0.25, 0.3) is 5.82 Å². The van der Waals surface area contributed by atoms with Crippen LogP contribution in [0.15, 0.2) is 60.8 Å². The molecule has 0 amide bonds. The summed E-state index contributed by atoms with van der Waals surface area (Å²) in [6.07, 6.45) is 2.18. The standard InChI is InChI=1S/C23H25N2/c1-16-9-8-11-19-18-10-6-7-12-20(18)25(22(16)19)21-15-17(23(2,3)4)13-14-24(21)5/h6-15H,1-5H3/q+1. The summed E-state index contributed by atoms with van der Waals surface area (Å²) in [6, 6.07) is 19.8. The number of rotatable bonds is 1. The molecule has 25 heavy (non-hydrogen) atoms. The van der Waals surface area contributed by atoms with E-state index < -0.39 is 0 Å². The molecule has 0 spiro atoms. The van der Waals surface area contributed by atoms with Crippen LogP contribution in [0.2, 0.25) is 0 Å². The lowest BCUT2D eigenvalue weighted by atomic mass is 9.88. The van der Waals surface area contributed by atoms with E-state index in [9.17, 15) is 0 Å².